The molecule has 1 atom stereocenters. The van der Waals surface area contributed by atoms with Crippen LogP contribution in [0.3, 0.4) is 0 Å². The van der Waals surface area contributed by atoms with E-state index >= 15 is 0 Å². The molecular weight excluding hydrogens is 350 g/mol. The summed E-state index contributed by atoms with van der Waals surface area (Å²) in [6.07, 6.45) is 1.51. The van der Waals surface area contributed by atoms with Gasteiger partial charge in [-0.25, -0.2) is 18.1 Å². The van der Waals surface area contributed by atoms with Crippen molar-refractivity contribution in [2.45, 2.75) is 17.9 Å². The highest BCUT2D eigenvalue weighted by Crippen LogP contribution is 2.23. The molecule has 0 aliphatic rings. The van der Waals surface area contributed by atoms with Gasteiger partial charge in [-0.05, 0) is 28.9 Å². The van der Waals surface area contributed by atoms with Gasteiger partial charge in [-0.2, -0.15) is 5.21 Å². The lowest BCUT2D eigenvalue weighted by Gasteiger charge is -2.13. The summed E-state index contributed by atoms with van der Waals surface area (Å²) in [4.78, 5) is 4.04. The number of rotatable bonds is 5. The van der Waals surface area contributed by atoms with Gasteiger partial charge in [0.15, 0.2) is 5.82 Å². The van der Waals surface area contributed by atoms with Crippen LogP contribution in [0, 0.1) is 0 Å². The van der Waals surface area contributed by atoms with E-state index in [-0.39, 0.29) is 16.5 Å². The van der Waals surface area contributed by atoms with Crippen molar-refractivity contribution >= 4 is 31.8 Å². The van der Waals surface area contributed by atoms with E-state index in [1.165, 1.54) is 12.3 Å². The fraction of sp³-hybridized carbons (Fsp3) is 0.333. The molecule has 0 spiro atoms. The lowest BCUT2D eigenvalue weighted by atomic mass is 10.4. The maximum absolute atomic E-state index is 12.4. The van der Waals surface area contributed by atoms with Crippen molar-refractivity contribution in [1.82, 2.24) is 30.3 Å². The normalized spacial score (nSPS) is 13.2. The predicted octanol–water partition coefficient (Wildman–Crippen LogP) is 0.438. The summed E-state index contributed by atoms with van der Waals surface area (Å²) in [6, 6.07) is 0.840. The topological polar surface area (TPSA) is 126 Å². The van der Waals surface area contributed by atoms with Crippen molar-refractivity contribution in [2.24, 2.45) is 0 Å². The zero-order chi connectivity index (χ0) is 14.8. The second-order valence-corrected chi connectivity index (χ2v) is 6.46. The zero-order valence-corrected chi connectivity index (χ0v) is 13.0. The highest BCUT2D eigenvalue weighted by atomic mass is 79.9. The minimum atomic E-state index is -3.78. The van der Waals surface area contributed by atoms with Crippen molar-refractivity contribution in [2.75, 3.05) is 12.4 Å². The molecule has 2 aromatic heterocycles. The molecule has 1 unspecified atom stereocenters. The third kappa shape index (κ3) is 3.11. The minimum absolute atomic E-state index is 0.0321. The first-order valence-corrected chi connectivity index (χ1v) is 7.80. The van der Waals surface area contributed by atoms with Crippen LogP contribution in [0.2, 0.25) is 0 Å². The van der Waals surface area contributed by atoms with Crippen LogP contribution in [0.15, 0.2) is 21.6 Å². The van der Waals surface area contributed by atoms with E-state index in [4.69, 9.17) is 0 Å². The molecule has 0 bridgehead atoms. The van der Waals surface area contributed by atoms with E-state index in [1.54, 1.807) is 14.0 Å². The fourth-order valence-corrected chi connectivity index (χ4v) is 3.39. The van der Waals surface area contributed by atoms with Crippen molar-refractivity contribution in [3.05, 3.63) is 22.6 Å². The van der Waals surface area contributed by atoms with E-state index in [2.05, 4.69) is 51.6 Å². The molecule has 0 saturated heterocycles. The number of nitrogens with zero attached hydrogens (tertiary/aromatic N) is 4. The van der Waals surface area contributed by atoms with Gasteiger partial charge in [0.25, 0.3) is 0 Å². The highest BCUT2D eigenvalue weighted by molar-refractivity contribution is 9.10. The van der Waals surface area contributed by atoms with Gasteiger partial charge in [-0.3, -0.25) is 0 Å². The number of aromatic nitrogens is 5. The van der Waals surface area contributed by atoms with Crippen molar-refractivity contribution in [3.8, 4) is 0 Å². The Morgan fingerprint density at radius 3 is 2.80 bits per heavy atom. The molecule has 0 radical (unpaired) electrons. The van der Waals surface area contributed by atoms with Gasteiger partial charge >= 0.3 is 0 Å². The second kappa shape index (κ2) is 5.81. The van der Waals surface area contributed by atoms with Crippen LogP contribution in [0.1, 0.15) is 18.8 Å². The molecule has 9 nitrogen and oxygen atoms in total. The van der Waals surface area contributed by atoms with Crippen molar-refractivity contribution in [1.29, 1.82) is 0 Å². The summed E-state index contributed by atoms with van der Waals surface area (Å²) in [5.41, 5.74) is 0. The summed E-state index contributed by atoms with van der Waals surface area (Å²) in [5.74, 6) is 0.503. The Kier molecular flexibility index (Phi) is 4.30. The number of anilines is 1. The third-order valence-corrected chi connectivity index (χ3v) is 4.41. The Morgan fingerprint density at radius 2 is 2.20 bits per heavy atom. The summed E-state index contributed by atoms with van der Waals surface area (Å²) < 4.78 is 27.8. The van der Waals surface area contributed by atoms with Crippen LogP contribution in [-0.4, -0.2) is 41.1 Å². The number of hydrogen-bond donors (Lipinski definition) is 3. The van der Waals surface area contributed by atoms with Crippen LogP contribution in [0.5, 0.6) is 0 Å². The predicted molar refractivity (Wildman–Crippen MR) is 74.4 cm³/mol. The van der Waals surface area contributed by atoms with E-state index in [9.17, 15) is 8.42 Å². The molecule has 0 fully saturated rings. The van der Waals surface area contributed by atoms with Gasteiger partial charge < -0.3 is 5.32 Å². The Balaban J connectivity index is 2.33. The van der Waals surface area contributed by atoms with Crippen LogP contribution in [0.4, 0.5) is 5.82 Å². The van der Waals surface area contributed by atoms with Gasteiger partial charge in [0, 0.05) is 17.7 Å². The average molecular weight is 362 g/mol. The first-order chi connectivity index (χ1) is 9.44. The zero-order valence-electron chi connectivity index (χ0n) is 10.6. The maximum Gasteiger partial charge on any atom is 0.244 e. The Bertz CT molecular complexity index is 688. The van der Waals surface area contributed by atoms with Crippen LogP contribution >= 0.6 is 15.9 Å². The van der Waals surface area contributed by atoms with Gasteiger partial charge in [0.2, 0.25) is 10.0 Å². The van der Waals surface area contributed by atoms with Gasteiger partial charge in [0.1, 0.15) is 10.7 Å². The number of nitrogens with one attached hydrogen (secondary N) is 3. The monoisotopic (exact) mass is 361 g/mol. The van der Waals surface area contributed by atoms with Crippen molar-refractivity contribution in [3.63, 3.8) is 0 Å². The lowest BCUT2D eigenvalue weighted by Crippen LogP contribution is -2.28. The highest BCUT2D eigenvalue weighted by Gasteiger charge is 2.24. The molecule has 2 aromatic rings. The molecule has 3 N–H and O–H groups in total. The number of sulfonamides is 1. The van der Waals surface area contributed by atoms with E-state index in [1.807, 2.05) is 0 Å². The maximum atomic E-state index is 12.4. The fourth-order valence-electron chi connectivity index (χ4n) is 1.52. The van der Waals surface area contributed by atoms with Crippen LogP contribution in [-0.2, 0) is 10.0 Å². The molecule has 108 valence electrons. The minimum Gasteiger partial charge on any atom is -0.372 e. The van der Waals surface area contributed by atoms with E-state index in [0.29, 0.717) is 4.47 Å². The van der Waals surface area contributed by atoms with Gasteiger partial charge in [-0.15, -0.1) is 10.2 Å². The lowest BCUT2D eigenvalue weighted by molar-refractivity contribution is 0.560. The summed E-state index contributed by atoms with van der Waals surface area (Å²) in [5, 5.41) is 15.9. The molecule has 2 rings (SSSR count). The van der Waals surface area contributed by atoms with Gasteiger partial charge in [-0.1, -0.05) is 5.21 Å². The van der Waals surface area contributed by atoms with Crippen LogP contribution in [0.25, 0.3) is 0 Å². The quantitative estimate of drug-likeness (QED) is 0.705. The number of aromatic amines is 1. The van der Waals surface area contributed by atoms with Gasteiger partial charge in [0.05, 0.1) is 6.04 Å². The third-order valence-electron chi connectivity index (χ3n) is 2.43. The molecule has 0 aromatic carbocycles. The van der Waals surface area contributed by atoms with Crippen LogP contribution < -0.4 is 10.0 Å². The second-order valence-electron chi connectivity index (χ2n) is 3.86. The molecular formula is C9H12BrN7O2S. The summed E-state index contributed by atoms with van der Waals surface area (Å²) in [7, 11) is -2.18. The molecule has 0 aliphatic heterocycles. The molecule has 0 aliphatic carbocycles. The summed E-state index contributed by atoms with van der Waals surface area (Å²) in [6.45, 7) is 1.62. The molecule has 11 heteroatoms. The molecule has 2 heterocycles. The summed E-state index contributed by atoms with van der Waals surface area (Å²) >= 11 is 3.20. The first kappa shape index (κ1) is 14.8. The molecule has 20 heavy (non-hydrogen) atoms. The number of H-pyrrole nitrogens is 1. The molecule has 0 amide bonds. The van der Waals surface area contributed by atoms with E-state index in [0.717, 1.165) is 0 Å². The Hall–Kier alpha value is -1.59. The number of hydrogen-bond acceptors (Lipinski definition) is 7. The number of tetrazole rings is 1. The SMILES string of the molecule is CNc1ncc(Br)cc1S(=O)(=O)NC(C)c1nn[nH]n1. The average Bonchev–Trinajstić information content (AvgIpc) is 2.92. The number of halogens is 1. The smallest absolute Gasteiger partial charge is 0.244 e. The van der Waals surface area contributed by atoms with E-state index < -0.39 is 16.1 Å². The van der Waals surface area contributed by atoms with Crippen molar-refractivity contribution < 1.29 is 8.42 Å². The standard InChI is InChI=1S/C9H12BrN7O2S/c1-5(8-13-16-17-14-8)15-20(18,19)7-3-6(10)4-12-9(7)11-2/h3-5,15H,1-2H3,(H,11,12)(H,13,14,16,17). The Morgan fingerprint density at radius 1 is 1.45 bits per heavy atom. The number of pyridine rings is 1. The molecule has 0 saturated carbocycles. The Labute approximate surface area is 123 Å². The largest absolute Gasteiger partial charge is 0.372 e. The first-order valence-electron chi connectivity index (χ1n) is 5.53.